The van der Waals surface area contributed by atoms with Crippen molar-refractivity contribution in [2.24, 2.45) is 0 Å². The zero-order chi connectivity index (χ0) is 39.6. The topological polar surface area (TPSA) is 8.17 Å². The van der Waals surface area contributed by atoms with Crippen molar-refractivity contribution in [1.82, 2.24) is 4.57 Å². The summed E-state index contributed by atoms with van der Waals surface area (Å²) in [6, 6.07) is 63.5. The van der Waals surface area contributed by atoms with Crippen LogP contribution in [0.2, 0.25) is 0 Å². The minimum Gasteiger partial charge on any atom is -0.310 e. The molecule has 2 heteroatoms. The van der Waals surface area contributed by atoms with Gasteiger partial charge in [-0.2, -0.15) is 0 Å². The minimum absolute atomic E-state index is 0.00232. The van der Waals surface area contributed by atoms with Gasteiger partial charge in [0.2, 0.25) is 0 Å². The second-order valence-corrected chi connectivity index (χ2v) is 14.5. The molecule has 1 aromatic heterocycles. The van der Waals surface area contributed by atoms with Gasteiger partial charge in [0.25, 0.3) is 0 Å². The molecule has 2 aliphatic rings. The van der Waals surface area contributed by atoms with Gasteiger partial charge in [0, 0.05) is 33.2 Å². The summed E-state index contributed by atoms with van der Waals surface area (Å²) in [5.41, 5.74) is 12.7. The third-order valence-electron chi connectivity index (χ3n) is 11.9. The van der Waals surface area contributed by atoms with E-state index in [-0.39, 0.29) is 24.2 Å². The van der Waals surface area contributed by atoms with Crippen molar-refractivity contribution in [3.63, 3.8) is 0 Å². The van der Waals surface area contributed by atoms with E-state index in [4.69, 9.17) is 2.74 Å². The molecule has 0 aliphatic heterocycles. The lowest BCUT2D eigenvalue weighted by molar-refractivity contribution is 0.773. The summed E-state index contributed by atoms with van der Waals surface area (Å²) in [5.74, 6) is 0. The summed E-state index contributed by atoms with van der Waals surface area (Å²) in [6.45, 7) is 0. The van der Waals surface area contributed by atoms with E-state index in [1.54, 1.807) is 0 Å². The molecule has 0 bridgehead atoms. The van der Waals surface area contributed by atoms with E-state index in [0.29, 0.717) is 11.1 Å². The molecule has 2 nitrogen and oxygen atoms in total. The Bertz CT molecular complexity index is 3390. The Kier molecular flexibility index (Phi) is 5.52. The minimum atomic E-state index is -0.986. The number of nitrogens with zero attached hydrogens (tertiary/aromatic N) is 2. The van der Waals surface area contributed by atoms with Gasteiger partial charge in [-0.15, -0.1) is 0 Å². The Morgan fingerprint density at radius 1 is 0.418 bits per heavy atom. The molecular formula is C53H34N2. The molecule has 0 fully saturated rings. The molecule has 0 saturated heterocycles. The highest BCUT2D eigenvalue weighted by Crippen LogP contribution is 2.62. The molecule has 12 rings (SSSR count). The molecule has 1 atom stereocenters. The quantitative estimate of drug-likeness (QED) is 0.177. The van der Waals surface area contributed by atoms with Crippen LogP contribution in [0.25, 0.3) is 60.5 Å². The average molecular weight is 703 g/mol. The van der Waals surface area contributed by atoms with E-state index in [1.807, 2.05) is 24.3 Å². The second kappa shape index (κ2) is 11.4. The first-order chi connectivity index (χ1) is 29.0. The Morgan fingerprint density at radius 2 is 1.05 bits per heavy atom. The molecule has 0 N–H and O–H groups in total. The molecule has 0 amide bonds. The smallest absolute Gasteiger partial charge is 0.0725 e. The Morgan fingerprint density at radius 3 is 1.87 bits per heavy atom. The number of hydrogen-bond acceptors (Lipinski definition) is 1. The summed E-state index contributed by atoms with van der Waals surface area (Å²) in [5, 5.41) is 4.46. The highest BCUT2D eigenvalue weighted by Gasteiger charge is 2.50. The number of aromatic nitrogens is 1. The van der Waals surface area contributed by atoms with E-state index in [1.165, 1.54) is 5.39 Å². The molecule has 0 radical (unpaired) electrons. The lowest BCUT2D eigenvalue weighted by Gasteiger charge is -2.40. The summed E-state index contributed by atoms with van der Waals surface area (Å²) in [4.78, 5) is 2.35. The van der Waals surface area contributed by atoms with Crippen molar-refractivity contribution in [3.8, 4) is 27.9 Å². The zero-order valence-corrected chi connectivity index (χ0v) is 29.7. The van der Waals surface area contributed by atoms with Crippen LogP contribution in [0, 0.1) is 0 Å². The van der Waals surface area contributed by atoms with Crippen LogP contribution in [0.5, 0.6) is 0 Å². The van der Waals surface area contributed by atoms with Crippen LogP contribution in [-0.4, -0.2) is 4.57 Å². The third-order valence-corrected chi connectivity index (χ3v) is 11.9. The van der Waals surface area contributed by atoms with Crippen LogP contribution in [0.4, 0.5) is 17.1 Å². The average Bonchev–Trinajstić information content (AvgIpc) is 3.79. The lowest BCUT2D eigenvalue weighted by Crippen LogP contribution is -2.32. The normalized spacial score (nSPS) is 16.0. The van der Waals surface area contributed by atoms with E-state index in [0.717, 1.165) is 83.3 Å². The number of benzene rings is 9. The van der Waals surface area contributed by atoms with Gasteiger partial charge >= 0.3 is 0 Å². The van der Waals surface area contributed by atoms with Crippen molar-refractivity contribution in [2.45, 2.75) is 5.41 Å². The molecule has 256 valence electrons. The maximum Gasteiger partial charge on any atom is 0.0725 e. The number of hydrogen-bond donors (Lipinski definition) is 0. The fourth-order valence-corrected chi connectivity index (χ4v) is 9.79. The molecular weight excluding hydrogens is 665 g/mol. The second-order valence-electron chi connectivity index (χ2n) is 14.5. The van der Waals surface area contributed by atoms with E-state index in [9.17, 15) is 2.74 Å². The van der Waals surface area contributed by atoms with Crippen molar-refractivity contribution < 1.29 is 5.48 Å². The number of anilines is 3. The van der Waals surface area contributed by atoms with Crippen LogP contribution >= 0.6 is 0 Å². The van der Waals surface area contributed by atoms with Crippen LogP contribution in [0.15, 0.2) is 206 Å². The Balaban J connectivity index is 1.18. The van der Waals surface area contributed by atoms with Gasteiger partial charge in [0.15, 0.2) is 0 Å². The Labute approximate surface area is 325 Å². The predicted octanol–water partition coefficient (Wildman–Crippen LogP) is 13.8. The van der Waals surface area contributed by atoms with E-state index < -0.39 is 5.41 Å². The van der Waals surface area contributed by atoms with Gasteiger partial charge in [-0.1, -0.05) is 152 Å². The van der Waals surface area contributed by atoms with Gasteiger partial charge in [-0.05, 0) is 104 Å². The zero-order valence-electron chi connectivity index (χ0n) is 33.7. The third kappa shape index (κ3) is 4.03. The van der Waals surface area contributed by atoms with Gasteiger partial charge in [0.05, 0.1) is 27.6 Å². The summed E-state index contributed by atoms with van der Waals surface area (Å²) in [7, 11) is 0. The Hall–Kier alpha value is -7.16. The highest BCUT2D eigenvalue weighted by atomic mass is 15.1. The molecule has 1 unspecified atom stereocenters. The van der Waals surface area contributed by atoms with Crippen molar-refractivity contribution in [1.29, 1.82) is 0 Å². The van der Waals surface area contributed by atoms with Gasteiger partial charge in [0.1, 0.15) is 0 Å². The molecule has 1 spiro atoms. The standard InChI is InChI=1S/C53H34N2/c1-3-16-35(17-4-1)54(37-30-32-51-44(34-37)41-23-10-14-29-49(41)55(51)36-18-5-2-6-19-36)50-33-31-48-52-42(24-15-25-43(50)52)40-22-9-13-28-47(40)53(48)45-26-11-7-20-38(45)39-21-8-12-27-46(39)53/h1-34H/i7D,11D,20D,26D. The molecule has 1 heterocycles. The van der Waals surface area contributed by atoms with Crippen LogP contribution in [0.1, 0.15) is 27.7 Å². The number of para-hydroxylation sites is 3. The number of fused-ring (bicyclic) bond motifs is 12. The summed E-state index contributed by atoms with van der Waals surface area (Å²) in [6.07, 6.45) is 0. The lowest BCUT2D eigenvalue weighted by atomic mass is 9.61. The molecule has 10 aromatic rings. The first-order valence-electron chi connectivity index (χ1n) is 20.8. The van der Waals surface area contributed by atoms with Crippen molar-refractivity contribution in [2.75, 3.05) is 4.90 Å². The first kappa shape index (κ1) is 26.6. The van der Waals surface area contributed by atoms with Crippen molar-refractivity contribution in [3.05, 3.63) is 228 Å². The van der Waals surface area contributed by atoms with E-state index in [2.05, 4.69) is 167 Å². The van der Waals surface area contributed by atoms with Gasteiger partial charge in [-0.3, -0.25) is 0 Å². The SMILES string of the molecule is [2H]c1c([2H])c([2H])c2c(c1[2H])-c1ccccc1C21c2ccccc2-c2cccc3c(N(c4ccccc4)c4ccc5c(c4)c4ccccc4n5-c4ccccc4)ccc1c23. The molecule has 0 saturated carbocycles. The molecule has 9 aromatic carbocycles. The summed E-state index contributed by atoms with van der Waals surface area (Å²) >= 11 is 0. The van der Waals surface area contributed by atoms with Crippen LogP contribution in [0.3, 0.4) is 0 Å². The molecule has 55 heavy (non-hydrogen) atoms. The van der Waals surface area contributed by atoms with Crippen molar-refractivity contribution >= 4 is 49.6 Å². The highest BCUT2D eigenvalue weighted by molar-refractivity contribution is 6.14. The largest absolute Gasteiger partial charge is 0.310 e. The fourth-order valence-electron chi connectivity index (χ4n) is 9.79. The molecule has 2 aliphatic carbocycles. The van der Waals surface area contributed by atoms with Crippen LogP contribution in [-0.2, 0) is 5.41 Å². The first-order valence-corrected chi connectivity index (χ1v) is 18.8. The maximum atomic E-state index is 9.58. The van der Waals surface area contributed by atoms with E-state index >= 15 is 0 Å². The maximum absolute atomic E-state index is 9.58. The van der Waals surface area contributed by atoms with Gasteiger partial charge < -0.3 is 9.47 Å². The summed E-state index contributed by atoms with van der Waals surface area (Å²) < 4.78 is 38.9. The predicted molar refractivity (Wildman–Crippen MR) is 229 cm³/mol. The number of rotatable bonds is 4. The van der Waals surface area contributed by atoms with Gasteiger partial charge in [-0.25, -0.2) is 0 Å². The fraction of sp³-hybridized carbons (Fsp3) is 0.0189. The monoisotopic (exact) mass is 702 g/mol. The van der Waals surface area contributed by atoms with Crippen LogP contribution < -0.4 is 4.90 Å².